The molecule has 0 fully saturated rings. The summed E-state index contributed by atoms with van der Waals surface area (Å²) in [6.45, 7) is 10.9. The molecule has 0 N–H and O–H groups in total. The minimum absolute atomic E-state index is 0. The smallest absolute Gasteiger partial charge is 0.163 e. The molecule has 0 aliphatic heterocycles. The van der Waals surface area contributed by atoms with Crippen LogP contribution in [-0.4, -0.2) is 24.9 Å². The summed E-state index contributed by atoms with van der Waals surface area (Å²) >= 11 is 0. The van der Waals surface area contributed by atoms with Crippen LogP contribution in [0.1, 0.15) is 110 Å². The minimum atomic E-state index is -2.64. The molecular formula is C52H53IrN5O-2. The molecule has 6 nitrogen and oxygen atoms in total. The zero-order valence-electron chi connectivity index (χ0n) is 44.7. The summed E-state index contributed by atoms with van der Waals surface area (Å²) in [5.74, 6) is 1.92. The van der Waals surface area contributed by atoms with E-state index in [9.17, 15) is 0 Å². The van der Waals surface area contributed by atoms with E-state index < -0.39 is 26.0 Å². The van der Waals surface area contributed by atoms with Crippen molar-refractivity contribution < 1.29 is 38.2 Å². The first-order valence-electron chi connectivity index (χ1n) is 24.2. The number of hydrogen-bond acceptors (Lipinski definition) is 6. The molecule has 0 amide bonds. The Morgan fingerprint density at radius 2 is 1.37 bits per heavy atom. The van der Waals surface area contributed by atoms with Crippen molar-refractivity contribution in [3.8, 4) is 45.0 Å². The molecule has 303 valence electrons. The molecule has 1 radical (unpaired) electrons. The van der Waals surface area contributed by atoms with Crippen LogP contribution in [-0.2, 0) is 36.4 Å². The van der Waals surface area contributed by atoms with Crippen LogP contribution in [0.3, 0.4) is 0 Å². The second-order valence-corrected chi connectivity index (χ2v) is 17.5. The van der Waals surface area contributed by atoms with Crippen LogP contribution >= 0.6 is 0 Å². The van der Waals surface area contributed by atoms with Gasteiger partial charge in [-0.15, -0.1) is 54.1 Å². The van der Waals surface area contributed by atoms with Crippen molar-refractivity contribution in [1.29, 1.82) is 0 Å². The zero-order valence-corrected chi connectivity index (χ0v) is 37.1. The predicted molar refractivity (Wildman–Crippen MR) is 239 cm³/mol. The monoisotopic (exact) mass is 966 g/mol. The number of aryl methyl sites for hydroxylation is 3. The maximum Gasteiger partial charge on any atom is 0.163 e. The van der Waals surface area contributed by atoms with Crippen molar-refractivity contribution >= 4 is 21.9 Å². The molecule has 59 heavy (non-hydrogen) atoms. The van der Waals surface area contributed by atoms with Gasteiger partial charge in [0.2, 0.25) is 0 Å². The third-order valence-corrected chi connectivity index (χ3v) is 9.65. The summed E-state index contributed by atoms with van der Waals surface area (Å²) in [5, 5.41) is 1.63. The Labute approximate surface area is 377 Å². The van der Waals surface area contributed by atoms with Gasteiger partial charge in [0.05, 0.1) is 6.95 Å². The molecule has 4 aromatic carbocycles. The number of hydrogen-bond donors (Lipinski definition) is 0. The van der Waals surface area contributed by atoms with Crippen molar-refractivity contribution in [2.75, 3.05) is 0 Å². The van der Waals surface area contributed by atoms with Crippen LogP contribution in [0.15, 0.2) is 108 Å². The summed E-state index contributed by atoms with van der Waals surface area (Å²) in [4.78, 5) is 23.2. The summed E-state index contributed by atoms with van der Waals surface area (Å²) in [6, 6.07) is 31.1. The van der Waals surface area contributed by atoms with Gasteiger partial charge in [-0.1, -0.05) is 122 Å². The number of nitrogens with zero attached hydrogens (tertiary/aromatic N) is 5. The van der Waals surface area contributed by atoms with E-state index in [0.717, 1.165) is 27.6 Å². The second-order valence-electron chi connectivity index (χ2n) is 17.5. The van der Waals surface area contributed by atoms with E-state index in [4.69, 9.17) is 33.1 Å². The average Bonchev–Trinajstić information content (AvgIpc) is 3.63. The van der Waals surface area contributed by atoms with Crippen molar-refractivity contribution in [1.82, 2.24) is 24.9 Å². The summed E-state index contributed by atoms with van der Waals surface area (Å²) in [6.07, 6.45) is 2.63. The third kappa shape index (κ3) is 9.43. The normalized spacial score (nSPS) is 15.1. The molecule has 7 heteroatoms. The molecule has 0 saturated heterocycles. The van der Waals surface area contributed by atoms with Crippen LogP contribution in [0.25, 0.3) is 67.0 Å². The Kier molecular flexibility index (Phi) is 8.94. The number of furan rings is 1. The van der Waals surface area contributed by atoms with Crippen molar-refractivity contribution in [3.63, 3.8) is 0 Å². The van der Waals surface area contributed by atoms with Gasteiger partial charge in [0.25, 0.3) is 0 Å². The Morgan fingerprint density at radius 3 is 2.00 bits per heavy atom. The van der Waals surface area contributed by atoms with Crippen LogP contribution in [0.5, 0.6) is 0 Å². The fraction of sp³-hybridized carbons (Fsp3) is 0.288. The third-order valence-electron chi connectivity index (χ3n) is 9.65. The summed E-state index contributed by atoms with van der Waals surface area (Å²) in [5.41, 5.74) is 3.97. The molecule has 0 bridgehead atoms. The first kappa shape index (κ1) is 31.5. The van der Waals surface area contributed by atoms with E-state index in [-0.39, 0.29) is 64.8 Å². The van der Waals surface area contributed by atoms with Crippen molar-refractivity contribution in [2.45, 2.75) is 99.1 Å². The number of pyridine rings is 2. The molecule has 8 aromatic rings. The molecule has 4 heterocycles. The maximum absolute atomic E-state index is 9.02. The predicted octanol–water partition coefficient (Wildman–Crippen LogP) is 13.3. The van der Waals surface area contributed by atoms with Gasteiger partial charge >= 0.3 is 0 Å². The number of aromatic nitrogens is 5. The van der Waals surface area contributed by atoms with Crippen molar-refractivity contribution in [3.05, 3.63) is 149 Å². The van der Waals surface area contributed by atoms with Gasteiger partial charge in [-0.3, -0.25) is 0 Å². The van der Waals surface area contributed by atoms with Crippen LogP contribution in [0.2, 0.25) is 0 Å². The number of fused-ring (bicyclic) bond motifs is 3. The van der Waals surface area contributed by atoms with Gasteiger partial charge in [-0.05, 0) is 76.8 Å². The molecule has 0 atom stereocenters. The Morgan fingerprint density at radius 1 is 0.627 bits per heavy atom. The van der Waals surface area contributed by atoms with Gasteiger partial charge < -0.3 is 14.4 Å². The Hall–Kier alpha value is -5.36. The molecule has 0 spiro atoms. The van der Waals surface area contributed by atoms with E-state index in [1.807, 2.05) is 63.2 Å². The molecule has 4 aromatic heterocycles. The SMILES string of the molecule is [2H]C([2H])([2H])c1ccc(-c2[c-]cccc2)nc1.[2H]c1cc(C(C)(C)C)cc(C([2H])([2H])[2H])c1-c1cc(-c2[c-]ccc3c2oc2cc(-c4nc(C(C)(C)C)nc(C(C)(C)C)n4)ccc23)ncc1C([2H])([2H])[2H].[Ir]. The molecule has 0 saturated carbocycles. The van der Waals surface area contributed by atoms with Gasteiger partial charge in [0.1, 0.15) is 17.2 Å². The van der Waals surface area contributed by atoms with E-state index in [1.54, 1.807) is 36.4 Å². The quantitative estimate of drug-likeness (QED) is 0.164. The Bertz CT molecular complexity index is 3110. The summed E-state index contributed by atoms with van der Waals surface area (Å²) in [7, 11) is 0. The Balaban J connectivity index is 0.000000388. The van der Waals surface area contributed by atoms with E-state index in [2.05, 4.69) is 63.6 Å². The fourth-order valence-corrected chi connectivity index (χ4v) is 6.30. The molecule has 0 unspecified atom stereocenters. The van der Waals surface area contributed by atoms with Crippen LogP contribution < -0.4 is 0 Å². The van der Waals surface area contributed by atoms with Crippen LogP contribution in [0.4, 0.5) is 0 Å². The minimum Gasteiger partial charge on any atom is -0.501 e. The molecular weight excluding hydrogens is 903 g/mol. The number of benzene rings is 4. The largest absolute Gasteiger partial charge is 0.501 e. The van der Waals surface area contributed by atoms with Gasteiger partial charge in [-0.2, -0.15) is 0 Å². The second kappa shape index (κ2) is 16.7. The molecule has 8 rings (SSSR count). The fourth-order valence-electron chi connectivity index (χ4n) is 6.30. The van der Waals surface area contributed by atoms with Gasteiger partial charge in [0.15, 0.2) is 5.82 Å². The first-order chi connectivity index (χ1) is 31.4. The average molecular weight is 966 g/mol. The molecule has 0 aliphatic carbocycles. The van der Waals surface area contributed by atoms with Crippen molar-refractivity contribution in [2.24, 2.45) is 0 Å². The van der Waals surface area contributed by atoms with E-state index in [1.165, 1.54) is 18.5 Å². The zero-order chi connectivity index (χ0) is 49.9. The standard InChI is InChI=1S/C40H43N4O.C12H10N.Ir/c1-23-19-26(38(3,4)5)16-18-27(23)31-21-32(41-22-24(31)2)30-14-12-13-29-28-17-15-25(20-33(28)45-34(29)30)35-42-36(39(6,7)8)44-37(43-35)40(9,10)11;1-10-7-8-12(13-9-10)11-5-3-2-4-6-11;/h12-13,15-22H,1-11H3;2-5,7-9H,1H3;/q2*-1;/i1D3,2D3,18D;1D3;. The first-order valence-corrected chi connectivity index (χ1v) is 19.2. The van der Waals surface area contributed by atoms with Crippen LogP contribution in [0, 0.1) is 32.7 Å². The van der Waals surface area contributed by atoms with Gasteiger partial charge in [0, 0.05) is 66.6 Å². The van der Waals surface area contributed by atoms with Gasteiger partial charge in [-0.25, -0.2) is 15.0 Å². The van der Waals surface area contributed by atoms with E-state index in [0.29, 0.717) is 45.5 Å². The number of rotatable bonds is 4. The molecule has 0 aliphatic rings. The maximum atomic E-state index is 9.02. The summed E-state index contributed by atoms with van der Waals surface area (Å²) < 4.78 is 87.4. The van der Waals surface area contributed by atoms with E-state index >= 15 is 0 Å². The topological polar surface area (TPSA) is 77.6 Å².